The lowest BCUT2D eigenvalue weighted by Crippen LogP contribution is -2.47. The maximum absolute atomic E-state index is 12.5. The van der Waals surface area contributed by atoms with Crippen LogP contribution in [0.4, 0.5) is 0 Å². The zero-order valence-electron chi connectivity index (χ0n) is 13.5. The number of ether oxygens (including phenoxy) is 2. The fourth-order valence-electron chi connectivity index (χ4n) is 1.76. The second-order valence-corrected chi connectivity index (χ2v) is 5.36. The molecule has 0 aliphatic rings. The minimum atomic E-state index is -0.624. The van der Waals surface area contributed by atoms with Gasteiger partial charge < -0.3 is 19.5 Å². The number of carbonyl (C=O) groups is 1. The van der Waals surface area contributed by atoms with Crippen LogP contribution in [0.1, 0.15) is 38.1 Å². The number of hydrogen-bond acceptors (Lipinski definition) is 4. The molecule has 1 aromatic carbocycles. The van der Waals surface area contributed by atoms with Gasteiger partial charge in [0, 0.05) is 12.6 Å². The topological polar surface area (TPSA) is 59.0 Å². The summed E-state index contributed by atoms with van der Waals surface area (Å²) in [5, 5.41) is 9.37. The lowest BCUT2D eigenvalue weighted by atomic mass is 10.0. The Hall–Kier alpha value is -1.75. The van der Waals surface area contributed by atoms with Crippen LogP contribution in [-0.4, -0.2) is 48.3 Å². The number of likely N-dealkylation sites (N-methyl/N-ethyl adjacent to an activating group) is 1. The highest BCUT2D eigenvalue weighted by atomic mass is 16.5. The van der Waals surface area contributed by atoms with E-state index in [2.05, 4.69) is 0 Å². The van der Waals surface area contributed by atoms with Gasteiger partial charge in [-0.15, -0.1) is 0 Å². The summed E-state index contributed by atoms with van der Waals surface area (Å²) in [6.07, 6.45) is 0. The van der Waals surface area contributed by atoms with Gasteiger partial charge in [-0.1, -0.05) is 0 Å². The average Bonchev–Trinajstić information content (AvgIpc) is 2.48. The Morgan fingerprint density at radius 1 is 1.19 bits per heavy atom. The molecule has 0 heterocycles. The van der Waals surface area contributed by atoms with Gasteiger partial charge in [-0.3, -0.25) is 4.79 Å². The minimum Gasteiger partial charge on any atom is -0.490 e. The zero-order chi connectivity index (χ0) is 16.0. The normalized spacial score (nSPS) is 11.1. The summed E-state index contributed by atoms with van der Waals surface area (Å²) in [5.74, 6) is 1.01. The van der Waals surface area contributed by atoms with Crippen molar-refractivity contribution in [1.29, 1.82) is 0 Å². The third-order valence-electron chi connectivity index (χ3n) is 3.39. The highest BCUT2D eigenvalue weighted by Gasteiger charge is 2.28. The van der Waals surface area contributed by atoms with Crippen LogP contribution in [0.5, 0.6) is 11.5 Å². The smallest absolute Gasteiger partial charge is 0.254 e. The first-order valence-corrected chi connectivity index (χ1v) is 7.16. The molecule has 0 unspecified atom stereocenters. The van der Waals surface area contributed by atoms with Crippen LogP contribution in [0.15, 0.2) is 18.2 Å². The molecule has 0 atom stereocenters. The average molecular weight is 295 g/mol. The van der Waals surface area contributed by atoms with Crippen LogP contribution >= 0.6 is 0 Å². The molecule has 5 heteroatoms. The maximum atomic E-state index is 12.5. The second kappa shape index (κ2) is 7.31. The van der Waals surface area contributed by atoms with E-state index in [0.717, 1.165) is 0 Å². The number of nitrogens with zero attached hydrogens (tertiary/aromatic N) is 1. The number of amides is 1. The summed E-state index contributed by atoms with van der Waals surface area (Å²) < 4.78 is 11.0. The first-order chi connectivity index (χ1) is 9.87. The Morgan fingerprint density at radius 2 is 1.76 bits per heavy atom. The van der Waals surface area contributed by atoms with Crippen molar-refractivity contribution in [3.8, 4) is 11.5 Å². The quantitative estimate of drug-likeness (QED) is 0.838. The van der Waals surface area contributed by atoms with E-state index in [9.17, 15) is 9.90 Å². The molecule has 1 amide bonds. The molecular formula is C16H25NO4. The van der Waals surface area contributed by atoms with E-state index < -0.39 is 5.54 Å². The van der Waals surface area contributed by atoms with Crippen LogP contribution in [-0.2, 0) is 0 Å². The van der Waals surface area contributed by atoms with Crippen LogP contribution in [0, 0.1) is 0 Å². The summed E-state index contributed by atoms with van der Waals surface area (Å²) in [6, 6.07) is 5.13. The first-order valence-electron chi connectivity index (χ1n) is 7.16. The Labute approximate surface area is 126 Å². The third-order valence-corrected chi connectivity index (χ3v) is 3.39. The molecule has 118 valence electrons. The predicted octanol–water partition coefficient (Wildman–Crippen LogP) is 2.33. The summed E-state index contributed by atoms with van der Waals surface area (Å²) in [6.45, 7) is 8.31. The standard InChI is InChI=1S/C16H25NO4/c1-6-20-13-9-8-12(10-14(13)21-7-2)15(19)17(5)16(3,4)11-18/h8-10,18H,6-7,11H2,1-5H3. The molecule has 1 rings (SSSR count). The molecule has 0 bridgehead atoms. The van der Waals surface area contributed by atoms with E-state index in [1.165, 1.54) is 4.90 Å². The summed E-state index contributed by atoms with van der Waals surface area (Å²) in [7, 11) is 1.68. The molecule has 1 N–H and O–H groups in total. The summed E-state index contributed by atoms with van der Waals surface area (Å²) in [4.78, 5) is 14.0. The molecule has 21 heavy (non-hydrogen) atoms. The van der Waals surface area contributed by atoms with E-state index in [1.807, 2.05) is 27.7 Å². The largest absolute Gasteiger partial charge is 0.490 e. The van der Waals surface area contributed by atoms with Gasteiger partial charge in [0.1, 0.15) is 0 Å². The summed E-state index contributed by atoms with van der Waals surface area (Å²) in [5.41, 5.74) is -0.118. The number of aliphatic hydroxyl groups is 1. The first kappa shape index (κ1) is 17.3. The fourth-order valence-corrected chi connectivity index (χ4v) is 1.76. The number of rotatable bonds is 7. The van der Waals surface area contributed by atoms with Gasteiger partial charge in [-0.05, 0) is 45.9 Å². The molecule has 0 saturated heterocycles. The second-order valence-electron chi connectivity index (χ2n) is 5.36. The van der Waals surface area contributed by atoms with Crippen LogP contribution in [0.3, 0.4) is 0 Å². The van der Waals surface area contributed by atoms with Gasteiger partial charge in [0.25, 0.3) is 5.91 Å². The Balaban J connectivity index is 3.08. The van der Waals surface area contributed by atoms with Crippen molar-refractivity contribution >= 4 is 5.91 Å². The Bertz CT molecular complexity index is 485. The van der Waals surface area contributed by atoms with Crippen molar-refractivity contribution in [3.63, 3.8) is 0 Å². The SMILES string of the molecule is CCOc1ccc(C(=O)N(C)C(C)(C)CO)cc1OCC. The third kappa shape index (κ3) is 4.11. The van der Waals surface area contributed by atoms with Gasteiger partial charge in [0.2, 0.25) is 0 Å². The van der Waals surface area contributed by atoms with Gasteiger partial charge >= 0.3 is 0 Å². The van der Waals surface area contributed by atoms with E-state index in [-0.39, 0.29) is 12.5 Å². The van der Waals surface area contributed by atoms with E-state index in [1.54, 1.807) is 25.2 Å². The molecule has 0 fully saturated rings. The number of hydrogen-bond donors (Lipinski definition) is 1. The van der Waals surface area contributed by atoms with Crippen molar-refractivity contribution in [1.82, 2.24) is 4.90 Å². The highest BCUT2D eigenvalue weighted by molar-refractivity contribution is 5.95. The van der Waals surface area contributed by atoms with Gasteiger partial charge in [-0.2, -0.15) is 0 Å². The van der Waals surface area contributed by atoms with Crippen molar-refractivity contribution in [2.24, 2.45) is 0 Å². The number of carbonyl (C=O) groups excluding carboxylic acids is 1. The van der Waals surface area contributed by atoms with E-state index in [4.69, 9.17) is 9.47 Å². The Morgan fingerprint density at radius 3 is 2.29 bits per heavy atom. The Kier molecular flexibility index (Phi) is 6.03. The van der Waals surface area contributed by atoms with E-state index >= 15 is 0 Å². The van der Waals surface area contributed by atoms with Gasteiger partial charge in [-0.25, -0.2) is 0 Å². The maximum Gasteiger partial charge on any atom is 0.254 e. The van der Waals surface area contributed by atoms with Gasteiger partial charge in [0.05, 0.1) is 25.4 Å². The van der Waals surface area contributed by atoms with E-state index in [0.29, 0.717) is 30.3 Å². The molecule has 0 saturated carbocycles. The van der Waals surface area contributed by atoms with Crippen LogP contribution in [0.25, 0.3) is 0 Å². The molecule has 0 aromatic heterocycles. The highest BCUT2D eigenvalue weighted by Crippen LogP contribution is 2.29. The zero-order valence-corrected chi connectivity index (χ0v) is 13.5. The van der Waals surface area contributed by atoms with Gasteiger partial charge in [0.15, 0.2) is 11.5 Å². The molecular weight excluding hydrogens is 270 g/mol. The molecule has 0 radical (unpaired) electrons. The minimum absolute atomic E-state index is 0.107. The lowest BCUT2D eigenvalue weighted by Gasteiger charge is -2.34. The number of aliphatic hydroxyl groups excluding tert-OH is 1. The molecule has 5 nitrogen and oxygen atoms in total. The van der Waals surface area contributed by atoms with Crippen LogP contribution < -0.4 is 9.47 Å². The monoisotopic (exact) mass is 295 g/mol. The summed E-state index contributed by atoms with van der Waals surface area (Å²) >= 11 is 0. The van der Waals surface area contributed by atoms with Crippen molar-refractivity contribution < 1.29 is 19.4 Å². The fraction of sp³-hybridized carbons (Fsp3) is 0.562. The molecule has 1 aromatic rings. The van der Waals surface area contributed by atoms with Crippen molar-refractivity contribution in [2.75, 3.05) is 26.9 Å². The van der Waals surface area contributed by atoms with Crippen molar-refractivity contribution in [3.05, 3.63) is 23.8 Å². The molecule has 0 aliphatic carbocycles. The number of benzene rings is 1. The predicted molar refractivity (Wildman–Crippen MR) is 82.0 cm³/mol. The van der Waals surface area contributed by atoms with Crippen LogP contribution in [0.2, 0.25) is 0 Å². The molecule has 0 spiro atoms. The van der Waals surface area contributed by atoms with Crippen molar-refractivity contribution in [2.45, 2.75) is 33.2 Å². The lowest BCUT2D eigenvalue weighted by molar-refractivity contribution is 0.0473. The molecule has 0 aliphatic heterocycles.